The molecule has 0 unspecified atom stereocenters. The smallest absolute Gasteiger partial charge is 0.341 e. The van der Waals surface area contributed by atoms with Crippen LogP contribution in [-0.4, -0.2) is 28.8 Å². The molecule has 1 aromatic heterocycles. The molecule has 1 aliphatic rings. The van der Waals surface area contributed by atoms with Crippen LogP contribution < -0.4 is 0 Å². The van der Waals surface area contributed by atoms with Crippen LogP contribution in [-0.2, 0) is 17.6 Å². The molecule has 136 valence electrons. The molecular weight excluding hydrogens is 356 g/mol. The highest BCUT2D eigenvalue weighted by molar-refractivity contribution is 7.16. The number of nitro groups is 1. The number of hydrogen-bond donors (Lipinski definition) is 1. The highest BCUT2D eigenvalue weighted by Gasteiger charge is 2.26. The highest BCUT2D eigenvalue weighted by Crippen LogP contribution is 2.40. The Morgan fingerprint density at radius 3 is 2.88 bits per heavy atom. The number of carbonyl (C=O) groups is 1. The summed E-state index contributed by atoms with van der Waals surface area (Å²) in [6.45, 7) is 2.06. The summed E-state index contributed by atoms with van der Waals surface area (Å²) in [6.07, 6.45) is 5.39. The monoisotopic (exact) mass is 374 g/mol. The van der Waals surface area contributed by atoms with Gasteiger partial charge in [0.05, 0.1) is 17.1 Å². The number of hydrogen-bond acceptors (Lipinski definition) is 7. The molecule has 7 nitrogen and oxygen atoms in total. The van der Waals surface area contributed by atoms with Crippen molar-refractivity contribution in [1.29, 1.82) is 0 Å². The molecular formula is C18H18N2O5S. The number of aromatic hydroxyl groups is 1. The lowest BCUT2D eigenvalue weighted by Crippen LogP contribution is -2.09. The number of rotatable bonds is 5. The molecule has 0 saturated carbocycles. The molecule has 0 atom stereocenters. The van der Waals surface area contributed by atoms with Gasteiger partial charge in [-0.05, 0) is 55.9 Å². The molecule has 2 aromatic rings. The number of aliphatic imine (C=N–C) groups is 1. The molecule has 3 rings (SSSR count). The van der Waals surface area contributed by atoms with E-state index >= 15 is 0 Å². The van der Waals surface area contributed by atoms with E-state index in [9.17, 15) is 20.0 Å². The van der Waals surface area contributed by atoms with E-state index in [4.69, 9.17) is 4.74 Å². The first kappa shape index (κ1) is 18.1. The number of aryl methyl sites for hydroxylation is 1. The molecule has 8 heteroatoms. The van der Waals surface area contributed by atoms with Crippen LogP contribution in [0.1, 0.15) is 46.1 Å². The summed E-state index contributed by atoms with van der Waals surface area (Å²) in [5.41, 5.74) is 1.70. The van der Waals surface area contributed by atoms with E-state index in [1.807, 2.05) is 0 Å². The van der Waals surface area contributed by atoms with Crippen LogP contribution in [0.5, 0.6) is 5.75 Å². The molecule has 0 saturated heterocycles. The van der Waals surface area contributed by atoms with E-state index < -0.39 is 10.7 Å². The van der Waals surface area contributed by atoms with Crippen molar-refractivity contribution in [1.82, 2.24) is 0 Å². The van der Waals surface area contributed by atoms with E-state index in [0.29, 0.717) is 22.7 Å². The molecule has 26 heavy (non-hydrogen) atoms. The predicted molar refractivity (Wildman–Crippen MR) is 98.9 cm³/mol. The highest BCUT2D eigenvalue weighted by atomic mass is 32.1. The molecule has 1 N–H and O–H groups in total. The van der Waals surface area contributed by atoms with Crippen LogP contribution in [0, 0.1) is 10.1 Å². The molecule has 0 aliphatic heterocycles. The van der Waals surface area contributed by atoms with E-state index in [0.717, 1.165) is 36.1 Å². The number of nitrogens with zero attached hydrogens (tertiary/aromatic N) is 2. The van der Waals surface area contributed by atoms with Crippen molar-refractivity contribution >= 4 is 34.2 Å². The van der Waals surface area contributed by atoms with Crippen LogP contribution >= 0.6 is 11.3 Å². The van der Waals surface area contributed by atoms with Gasteiger partial charge in [0.15, 0.2) is 5.75 Å². The number of ether oxygens (including phenoxy) is 1. The van der Waals surface area contributed by atoms with Crippen molar-refractivity contribution in [2.24, 2.45) is 4.99 Å². The van der Waals surface area contributed by atoms with Crippen molar-refractivity contribution < 1.29 is 19.6 Å². The van der Waals surface area contributed by atoms with Crippen molar-refractivity contribution in [2.45, 2.75) is 32.6 Å². The summed E-state index contributed by atoms with van der Waals surface area (Å²) in [7, 11) is 0. The Labute approximate surface area is 154 Å². The number of phenols is 1. The van der Waals surface area contributed by atoms with Crippen LogP contribution in [0.2, 0.25) is 0 Å². The Morgan fingerprint density at radius 2 is 2.19 bits per heavy atom. The molecule has 0 spiro atoms. The first-order chi connectivity index (χ1) is 12.5. The molecule has 0 amide bonds. The second-order valence-electron chi connectivity index (χ2n) is 5.87. The molecule has 1 heterocycles. The minimum atomic E-state index is -0.650. The maximum absolute atomic E-state index is 12.4. The second-order valence-corrected chi connectivity index (χ2v) is 6.96. The molecule has 0 fully saturated rings. The third kappa shape index (κ3) is 3.60. The van der Waals surface area contributed by atoms with Crippen LogP contribution in [0.15, 0.2) is 23.2 Å². The summed E-state index contributed by atoms with van der Waals surface area (Å²) in [4.78, 5) is 28.1. The topological polar surface area (TPSA) is 102 Å². The zero-order valence-corrected chi connectivity index (χ0v) is 15.0. The maximum atomic E-state index is 12.4. The number of benzene rings is 1. The number of phenolic OH excluding ortho intramolecular Hbond substituents is 1. The van der Waals surface area contributed by atoms with Crippen LogP contribution in [0.25, 0.3) is 0 Å². The van der Waals surface area contributed by atoms with Gasteiger partial charge in [0, 0.05) is 17.2 Å². The first-order valence-electron chi connectivity index (χ1n) is 8.34. The Hall–Kier alpha value is -2.74. The predicted octanol–water partition coefficient (Wildman–Crippen LogP) is 4.17. The first-order valence-corrected chi connectivity index (χ1v) is 9.16. The minimum absolute atomic E-state index is 0.294. The Kier molecular flexibility index (Phi) is 5.32. The van der Waals surface area contributed by atoms with Gasteiger partial charge in [0.1, 0.15) is 5.00 Å². The van der Waals surface area contributed by atoms with Crippen molar-refractivity contribution in [3.63, 3.8) is 0 Å². The Bertz CT molecular complexity index is 888. The lowest BCUT2D eigenvalue weighted by molar-refractivity contribution is -0.385. The average molecular weight is 374 g/mol. The summed E-state index contributed by atoms with van der Waals surface area (Å²) in [6, 6.07) is 4.00. The van der Waals surface area contributed by atoms with Gasteiger partial charge in [0.2, 0.25) is 0 Å². The number of carbonyl (C=O) groups excluding carboxylic acids is 1. The Morgan fingerprint density at radius 1 is 1.42 bits per heavy atom. The van der Waals surface area contributed by atoms with Gasteiger partial charge in [-0.1, -0.05) is 0 Å². The van der Waals surface area contributed by atoms with Crippen molar-refractivity contribution in [3.05, 3.63) is 49.9 Å². The summed E-state index contributed by atoms with van der Waals surface area (Å²) < 4.78 is 5.19. The zero-order chi connectivity index (χ0) is 18.7. The number of nitro benzene ring substituents is 1. The summed E-state index contributed by atoms with van der Waals surface area (Å²) in [5, 5.41) is 21.1. The van der Waals surface area contributed by atoms with Gasteiger partial charge in [-0.2, -0.15) is 0 Å². The maximum Gasteiger partial charge on any atom is 0.341 e. The zero-order valence-electron chi connectivity index (χ0n) is 14.2. The average Bonchev–Trinajstić information content (AvgIpc) is 2.98. The molecule has 1 aromatic carbocycles. The molecule has 0 radical (unpaired) electrons. The minimum Gasteiger partial charge on any atom is -0.502 e. The number of fused-ring (bicyclic) bond motifs is 1. The Balaban J connectivity index is 1.95. The van der Waals surface area contributed by atoms with Gasteiger partial charge >= 0.3 is 11.7 Å². The van der Waals surface area contributed by atoms with Gasteiger partial charge in [0.25, 0.3) is 0 Å². The van der Waals surface area contributed by atoms with Crippen LogP contribution in [0.3, 0.4) is 0 Å². The lowest BCUT2D eigenvalue weighted by atomic mass is 9.95. The number of esters is 1. The van der Waals surface area contributed by atoms with Gasteiger partial charge in [-0.25, -0.2) is 9.79 Å². The largest absolute Gasteiger partial charge is 0.502 e. The SMILES string of the molecule is CCOC(=O)c1c(N=Cc2ccc([N+](=O)[O-])c(O)c2)sc2c1CCCC2. The van der Waals surface area contributed by atoms with E-state index in [2.05, 4.69) is 4.99 Å². The quantitative estimate of drug-likeness (QED) is 0.366. The molecule has 0 bridgehead atoms. The van der Waals surface area contributed by atoms with Gasteiger partial charge in [-0.3, -0.25) is 10.1 Å². The lowest BCUT2D eigenvalue weighted by Gasteiger charge is -2.11. The summed E-state index contributed by atoms with van der Waals surface area (Å²) >= 11 is 1.48. The van der Waals surface area contributed by atoms with Crippen LogP contribution in [0.4, 0.5) is 10.7 Å². The fourth-order valence-electron chi connectivity index (χ4n) is 2.96. The second kappa shape index (κ2) is 7.65. The molecule has 1 aliphatic carbocycles. The van der Waals surface area contributed by atoms with Crippen molar-refractivity contribution in [3.8, 4) is 5.75 Å². The number of thiophene rings is 1. The third-order valence-corrected chi connectivity index (χ3v) is 5.36. The van der Waals surface area contributed by atoms with Gasteiger partial charge in [-0.15, -0.1) is 11.3 Å². The van der Waals surface area contributed by atoms with E-state index in [1.54, 1.807) is 6.92 Å². The summed E-state index contributed by atoms with van der Waals surface area (Å²) in [5.74, 6) is -0.791. The fraction of sp³-hybridized carbons (Fsp3) is 0.333. The van der Waals surface area contributed by atoms with Gasteiger partial charge < -0.3 is 9.84 Å². The van der Waals surface area contributed by atoms with Crippen molar-refractivity contribution in [2.75, 3.05) is 6.61 Å². The normalized spacial score (nSPS) is 13.6. The van der Waals surface area contributed by atoms with E-state index in [-0.39, 0.29) is 11.7 Å². The van der Waals surface area contributed by atoms with E-state index in [1.165, 1.54) is 35.8 Å². The third-order valence-electron chi connectivity index (χ3n) is 4.16. The fourth-order valence-corrected chi connectivity index (χ4v) is 4.19. The standard InChI is InChI=1S/C18H18N2O5S/c1-2-25-18(22)16-12-5-3-4-6-15(12)26-17(16)19-10-11-7-8-13(20(23)24)14(21)9-11/h7-10,21H,2-6H2,1H3.